The summed E-state index contributed by atoms with van der Waals surface area (Å²) in [7, 11) is 1.59. The number of aldehydes is 1. The topological polar surface area (TPSA) is 107 Å². The predicted molar refractivity (Wildman–Crippen MR) is 110 cm³/mol. The number of aromatic nitrogens is 2. The van der Waals surface area contributed by atoms with Crippen molar-refractivity contribution < 1.29 is 9.53 Å². The second-order valence-electron chi connectivity index (χ2n) is 5.46. The van der Waals surface area contributed by atoms with E-state index in [1.165, 1.54) is 0 Å². The molecule has 4 aromatic rings. The van der Waals surface area contributed by atoms with E-state index in [4.69, 9.17) is 16.2 Å². The molecule has 0 fully saturated rings. The summed E-state index contributed by atoms with van der Waals surface area (Å²) in [5.41, 5.74) is 14.9. The monoisotopic (exact) mass is 362 g/mol. The Morgan fingerprint density at radius 1 is 0.852 bits per heavy atom. The number of fused-ring (bicyclic) bond motifs is 1. The number of hydrogen-bond acceptors (Lipinski definition) is 5. The second-order valence-corrected chi connectivity index (χ2v) is 5.46. The first-order chi connectivity index (χ1) is 13.1. The molecule has 27 heavy (non-hydrogen) atoms. The number of para-hydroxylation sites is 2. The Bertz CT molecular complexity index is 897. The van der Waals surface area contributed by atoms with E-state index in [2.05, 4.69) is 9.97 Å². The van der Waals surface area contributed by atoms with Crippen LogP contribution >= 0.6 is 0 Å². The third kappa shape index (κ3) is 6.55. The SMILES string of the molecule is COc1nc2ccccc2[nH]1.Nc1ccc(N)cc1.O=Cc1ccccc1. The van der Waals surface area contributed by atoms with E-state index in [0.717, 1.165) is 34.3 Å². The number of methoxy groups -OCH3 is 1. The molecule has 0 unspecified atom stereocenters. The summed E-state index contributed by atoms with van der Waals surface area (Å²) < 4.78 is 4.93. The second kappa shape index (κ2) is 10.2. The average Bonchev–Trinajstić information content (AvgIpc) is 3.15. The van der Waals surface area contributed by atoms with Crippen LogP contribution in [0.3, 0.4) is 0 Å². The van der Waals surface area contributed by atoms with Crippen molar-refractivity contribution >= 4 is 28.7 Å². The van der Waals surface area contributed by atoms with Crippen LogP contribution in [-0.2, 0) is 0 Å². The third-order valence-electron chi connectivity index (χ3n) is 3.43. The number of hydrogen-bond donors (Lipinski definition) is 3. The van der Waals surface area contributed by atoms with Crippen LogP contribution in [0, 0.1) is 0 Å². The first-order valence-corrected chi connectivity index (χ1v) is 8.22. The molecule has 1 heterocycles. The van der Waals surface area contributed by atoms with Crippen LogP contribution in [0.1, 0.15) is 10.4 Å². The Labute approximate surface area is 157 Å². The molecule has 0 aliphatic rings. The maximum absolute atomic E-state index is 10.0. The Kier molecular flexibility index (Phi) is 7.41. The first kappa shape index (κ1) is 19.5. The van der Waals surface area contributed by atoms with Crippen LogP contribution in [0.2, 0.25) is 0 Å². The van der Waals surface area contributed by atoms with Gasteiger partial charge < -0.3 is 21.2 Å². The van der Waals surface area contributed by atoms with Gasteiger partial charge in [-0.05, 0) is 36.4 Å². The molecule has 0 saturated carbocycles. The van der Waals surface area contributed by atoms with E-state index in [0.29, 0.717) is 6.01 Å². The van der Waals surface area contributed by atoms with Gasteiger partial charge in [0.15, 0.2) is 0 Å². The quantitative estimate of drug-likeness (QED) is 0.370. The number of anilines is 2. The lowest BCUT2D eigenvalue weighted by Gasteiger charge is -1.90. The number of aromatic amines is 1. The Morgan fingerprint density at radius 3 is 1.89 bits per heavy atom. The minimum atomic E-state index is 0.561. The van der Waals surface area contributed by atoms with E-state index in [-0.39, 0.29) is 0 Å². The molecule has 3 aromatic carbocycles. The van der Waals surface area contributed by atoms with Crippen molar-refractivity contribution in [3.05, 3.63) is 84.4 Å². The van der Waals surface area contributed by atoms with Crippen LogP contribution in [0.15, 0.2) is 78.9 Å². The summed E-state index contributed by atoms with van der Waals surface area (Å²) in [6.45, 7) is 0. The number of nitrogens with one attached hydrogen (secondary N) is 1. The molecule has 6 heteroatoms. The Hall–Kier alpha value is -3.80. The van der Waals surface area contributed by atoms with E-state index in [9.17, 15) is 4.79 Å². The van der Waals surface area contributed by atoms with E-state index >= 15 is 0 Å². The summed E-state index contributed by atoms with van der Waals surface area (Å²) in [5.74, 6) is 0. The minimum Gasteiger partial charge on any atom is -0.468 e. The average molecular weight is 362 g/mol. The lowest BCUT2D eigenvalue weighted by molar-refractivity contribution is 0.112. The highest BCUT2D eigenvalue weighted by Crippen LogP contribution is 2.13. The van der Waals surface area contributed by atoms with Crippen LogP contribution in [-0.4, -0.2) is 23.4 Å². The molecular weight excluding hydrogens is 340 g/mol. The predicted octanol–water partition coefficient (Wildman–Crippen LogP) is 3.92. The van der Waals surface area contributed by atoms with Crippen molar-refractivity contribution in [2.45, 2.75) is 0 Å². The molecule has 4 rings (SSSR count). The number of carbonyl (C=O) groups excluding carboxylic acids is 1. The maximum atomic E-state index is 10.0. The highest BCUT2D eigenvalue weighted by Gasteiger charge is 1.98. The van der Waals surface area contributed by atoms with Gasteiger partial charge in [-0.25, -0.2) is 0 Å². The van der Waals surface area contributed by atoms with Gasteiger partial charge in [-0.3, -0.25) is 4.79 Å². The van der Waals surface area contributed by atoms with Crippen molar-refractivity contribution in [3.63, 3.8) is 0 Å². The van der Waals surface area contributed by atoms with Crippen molar-refractivity contribution in [1.82, 2.24) is 9.97 Å². The number of nitrogens with two attached hydrogens (primary N) is 2. The highest BCUT2D eigenvalue weighted by molar-refractivity contribution is 5.75. The molecule has 0 radical (unpaired) electrons. The summed E-state index contributed by atoms with van der Waals surface area (Å²) in [6, 6.07) is 24.6. The summed E-state index contributed by atoms with van der Waals surface area (Å²) in [4.78, 5) is 17.2. The van der Waals surface area contributed by atoms with E-state index in [1.807, 2.05) is 42.5 Å². The number of imidazole rings is 1. The van der Waals surface area contributed by atoms with Crippen LogP contribution in [0.4, 0.5) is 11.4 Å². The highest BCUT2D eigenvalue weighted by atomic mass is 16.5. The number of carbonyl (C=O) groups is 1. The minimum absolute atomic E-state index is 0.561. The molecule has 138 valence electrons. The molecule has 6 nitrogen and oxygen atoms in total. The number of H-pyrrole nitrogens is 1. The molecule has 0 spiro atoms. The zero-order valence-corrected chi connectivity index (χ0v) is 15.0. The number of nitrogen functional groups attached to an aromatic ring is 2. The zero-order chi connectivity index (χ0) is 19.5. The third-order valence-corrected chi connectivity index (χ3v) is 3.43. The van der Waals surface area contributed by atoms with Gasteiger partial charge in [0.2, 0.25) is 0 Å². The first-order valence-electron chi connectivity index (χ1n) is 8.22. The number of nitrogens with zero attached hydrogens (tertiary/aromatic N) is 1. The molecule has 0 bridgehead atoms. The summed E-state index contributed by atoms with van der Waals surface area (Å²) in [5, 5.41) is 0. The van der Waals surface area contributed by atoms with Crippen molar-refractivity contribution in [2.75, 3.05) is 18.6 Å². The fourth-order valence-electron chi connectivity index (χ4n) is 2.05. The molecule has 1 aromatic heterocycles. The lowest BCUT2D eigenvalue weighted by atomic mass is 10.2. The molecule has 5 N–H and O–H groups in total. The van der Waals surface area contributed by atoms with Gasteiger partial charge in [-0.1, -0.05) is 42.5 Å². The van der Waals surface area contributed by atoms with E-state index in [1.54, 1.807) is 43.5 Å². The number of rotatable bonds is 2. The van der Waals surface area contributed by atoms with Gasteiger partial charge in [-0.2, -0.15) is 4.98 Å². The molecule has 0 saturated heterocycles. The van der Waals surface area contributed by atoms with Crippen molar-refractivity contribution in [2.24, 2.45) is 0 Å². The number of ether oxygens (including phenoxy) is 1. The number of benzene rings is 3. The van der Waals surface area contributed by atoms with Crippen LogP contribution < -0.4 is 16.2 Å². The zero-order valence-electron chi connectivity index (χ0n) is 15.0. The molecular formula is C21H22N4O2. The van der Waals surface area contributed by atoms with Crippen molar-refractivity contribution in [3.8, 4) is 6.01 Å². The molecule has 0 aliphatic heterocycles. The smallest absolute Gasteiger partial charge is 0.294 e. The van der Waals surface area contributed by atoms with Crippen molar-refractivity contribution in [1.29, 1.82) is 0 Å². The Balaban J connectivity index is 0.000000149. The van der Waals surface area contributed by atoms with Gasteiger partial charge in [0.25, 0.3) is 6.01 Å². The molecule has 0 aliphatic carbocycles. The van der Waals surface area contributed by atoms with Gasteiger partial charge in [0.1, 0.15) is 6.29 Å². The summed E-state index contributed by atoms with van der Waals surface area (Å²) >= 11 is 0. The van der Waals surface area contributed by atoms with Crippen LogP contribution in [0.5, 0.6) is 6.01 Å². The van der Waals surface area contributed by atoms with Gasteiger partial charge >= 0.3 is 0 Å². The summed E-state index contributed by atoms with van der Waals surface area (Å²) in [6.07, 6.45) is 0.833. The molecule has 0 amide bonds. The van der Waals surface area contributed by atoms with Gasteiger partial charge in [-0.15, -0.1) is 0 Å². The molecule has 0 atom stereocenters. The van der Waals surface area contributed by atoms with Gasteiger partial charge in [0.05, 0.1) is 18.1 Å². The van der Waals surface area contributed by atoms with Crippen LogP contribution in [0.25, 0.3) is 11.0 Å². The Morgan fingerprint density at radius 2 is 1.41 bits per heavy atom. The van der Waals surface area contributed by atoms with Gasteiger partial charge in [0, 0.05) is 16.9 Å². The lowest BCUT2D eigenvalue weighted by Crippen LogP contribution is -1.86. The fourth-order valence-corrected chi connectivity index (χ4v) is 2.05. The normalized spacial score (nSPS) is 9.37. The maximum Gasteiger partial charge on any atom is 0.294 e. The standard InChI is InChI=1S/C8H8N2O.C7H6O.C6H8N2/c1-11-8-9-6-4-2-3-5-7(6)10-8;8-6-7-4-2-1-3-5-7;7-5-1-2-6(8)4-3-5/h2-5H,1H3,(H,9,10);1-6H;1-4H,7-8H2. The largest absolute Gasteiger partial charge is 0.468 e. The van der Waals surface area contributed by atoms with E-state index < -0.39 is 0 Å². The fraction of sp³-hybridized carbons (Fsp3) is 0.0476.